The smallest absolute Gasteiger partial charge is 0.341 e. The number of methoxy groups -OCH3 is 1. The molecular weight excluding hydrogens is 376 g/mol. The first-order chi connectivity index (χ1) is 13.7. The van der Waals surface area contributed by atoms with Gasteiger partial charge in [-0.3, -0.25) is 0 Å². The Balaban J connectivity index is 2.37. The molecule has 162 valence electrons. The fourth-order valence-electron chi connectivity index (χ4n) is 3.97. The van der Waals surface area contributed by atoms with E-state index in [9.17, 15) is 9.90 Å². The molecule has 0 amide bonds. The largest absolute Gasteiger partial charge is 0.465 e. The molecule has 3 rings (SSSR count). The molecule has 4 heteroatoms. The summed E-state index contributed by atoms with van der Waals surface area (Å²) < 4.78 is 11.4. The third-order valence-corrected chi connectivity index (χ3v) is 6.11. The van der Waals surface area contributed by atoms with Gasteiger partial charge in [-0.1, -0.05) is 67.5 Å². The van der Waals surface area contributed by atoms with Crippen LogP contribution in [0.25, 0.3) is 0 Å². The van der Waals surface area contributed by atoms with Crippen LogP contribution in [0.1, 0.15) is 93.6 Å². The van der Waals surface area contributed by atoms with Crippen molar-refractivity contribution in [1.29, 1.82) is 0 Å². The second-order valence-electron chi connectivity index (χ2n) is 10.8. The molecular formula is C26H34O4. The zero-order valence-electron chi connectivity index (χ0n) is 19.7. The van der Waals surface area contributed by atoms with Gasteiger partial charge in [0.15, 0.2) is 0 Å². The second-order valence-corrected chi connectivity index (χ2v) is 10.8. The summed E-state index contributed by atoms with van der Waals surface area (Å²) in [4.78, 5) is 12.7. The molecule has 0 saturated heterocycles. The van der Waals surface area contributed by atoms with E-state index in [-0.39, 0.29) is 17.4 Å². The maximum atomic E-state index is 12.7. The molecule has 4 nitrogen and oxygen atoms in total. The number of aliphatic hydroxyl groups excluding tert-OH is 1. The van der Waals surface area contributed by atoms with Gasteiger partial charge in [-0.2, -0.15) is 0 Å². The normalized spacial score (nSPS) is 15.1. The maximum absolute atomic E-state index is 12.7. The maximum Gasteiger partial charge on any atom is 0.341 e. The molecule has 2 aromatic rings. The highest BCUT2D eigenvalue weighted by atomic mass is 16.5. The Hall–Kier alpha value is -2.33. The molecule has 1 aliphatic rings. The lowest BCUT2D eigenvalue weighted by Crippen LogP contribution is -2.29. The second kappa shape index (κ2) is 7.12. The number of aliphatic hydroxyl groups is 1. The highest BCUT2D eigenvalue weighted by molar-refractivity contribution is 5.94. The SMILES string of the molecule is COC(=O)c1cc(C(C)(C)C)cc2c1Oc1c(CO)cc(C(C)(C)C)cc1C2(C)C. The van der Waals surface area contributed by atoms with Crippen molar-refractivity contribution in [2.24, 2.45) is 0 Å². The summed E-state index contributed by atoms with van der Waals surface area (Å²) >= 11 is 0. The first-order valence-corrected chi connectivity index (χ1v) is 10.5. The van der Waals surface area contributed by atoms with Gasteiger partial charge in [-0.25, -0.2) is 4.79 Å². The number of ether oxygens (including phenoxy) is 2. The van der Waals surface area contributed by atoms with Crippen molar-refractivity contribution in [2.75, 3.05) is 7.11 Å². The lowest BCUT2D eigenvalue weighted by atomic mass is 9.70. The summed E-state index contributed by atoms with van der Waals surface area (Å²) in [5.41, 5.74) is 4.69. The Morgan fingerprint density at radius 1 is 0.933 bits per heavy atom. The Morgan fingerprint density at radius 2 is 1.43 bits per heavy atom. The topological polar surface area (TPSA) is 55.8 Å². The predicted molar refractivity (Wildman–Crippen MR) is 120 cm³/mol. The Morgan fingerprint density at radius 3 is 1.90 bits per heavy atom. The van der Waals surface area contributed by atoms with Gasteiger partial charge >= 0.3 is 5.97 Å². The van der Waals surface area contributed by atoms with Crippen LogP contribution < -0.4 is 4.74 Å². The summed E-state index contributed by atoms with van der Waals surface area (Å²) in [5, 5.41) is 10.1. The van der Waals surface area contributed by atoms with Crippen LogP contribution in [0.5, 0.6) is 11.5 Å². The van der Waals surface area contributed by atoms with Crippen molar-refractivity contribution < 1.29 is 19.4 Å². The Bertz CT molecular complexity index is 1000. The number of hydrogen-bond acceptors (Lipinski definition) is 4. The van der Waals surface area contributed by atoms with Crippen LogP contribution in [0.4, 0.5) is 0 Å². The monoisotopic (exact) mass is 410 g/mol. The van der Waals surface area contributed by atoms with E-state index in [4.69, 9.17) is 9.47 Å². The molecule has 0 fully saturated rings. The minimum absolute atomic E-state index is 0.0697. The van der Waals surface area contributed by atoms with E-state index in [0.717, 1.165) is 27.8 Å². The zero-order valence-corrected chi connectivity index (χ0v) is 19.7. The van der Waals surface area contributed by atoms with E-state index in [0.29, 0.717) is 17.1 Å². The first kappa shape index (κ1) is 22.4. The van der Waals surface area contributed by atoms with Crippen LogP contribution in [0.2, 0.25) is 0 Å². The van der Waals surface area contributed by atoms with Crippen molar-refractivity contribution in [1.82, 2.24) is 0 Å². The van der Waals surface area contributed by atoms with E-state index in [2.05, 4.69) is 67.5 Å². The Labute approximate surface area is 180 Å². The van der Waals surface area contributed by atoms with Crippen LogP contribution in [0, 0.1) is 0 Å². The van der Waals surface area contributed by atoms with Gasteiger partial charge in [-0.15, -0.1) is 0 Å². The van der Waals surface area contributed by atoms with E-state index in [1.807, 2.05) is 12.1 Å². The van der Waals surface area contributed by atoms with Crippen LogP contribution in [0.3, 0.4) is 0 Å². The summed E-state index contributed by atoms with van der Waals surface area (Å²) in [7, 11) is 1.38. The minimum atomic E-state index is -0.423. The summed E-state index contributed by atoms with van der Waals surface area (Å²) in [6.45, 7) is 17.0. The standard InChI is InChI=1S/C26H34O4/c1-24(2,3)16-10-15(14-27)21-19(12-16)26(7,8)20-13-17(25(4,5)6)11-18(22(20)30-21)23(28)29-9/h10-13,27H,14H2,1-9H3. The quantitative estimate of drug-likeness (QED) is 0.618. The molecule has 0 bridgehead atoms. The van der Waals surface area contributed by atoms with Crippen molar-refractivity contribution in [3.8, 4) is 11.5 Å². The molecule has 0 spiro atoms. The van der Waals surface area contributed by atoms with Gasteiger partial charge in [0, 0.05) is 22.1 Å². The minimum Gasteiger partial charge on any atom is -0.465 e. The number of carbonyl (C=O) groups is 1. The number of hydrogen-bond donors (Lipinski definition) is 1. The molecule has 0 aromatic heterocycles. The van der Waals surface area contributed by atoms with Crippen molar-refractivity contribution >= 4 is 5.97 Å². The van der Waals surface area contributed by atoms with E-state index in [1.165, 1.54) is 7.11 Å². The van der Waals surface area contributed by atoms with E-state index in [1.54, 1.807) is 0 Å². The number of carbonyl (C=O) groups excluding carboxylic acids is 1. The molecule has 1 aliphatic heterocycles. The van der Waals surface area contributed by atoms with Crippen LogP contribution in [-0.4, -0.2) is 18.2 Å². The van der Waals surface area contributed by atoms with Crippen molar-refractivity contribution in [3.63, 3.8) is 0 Å². The lowest BCUT2D eigenvalue weighted by molar-refractivity contribution is 0.0597. The van der Waals surface area contributed by atoms with Gasteiger partial charge < -0.3 is 14.6 Å². The molecule has 1 N–H and O–H groups in total. The number of fused-ring (bicyclic) bond motifs is 2. The third-order valence-electron chi connectivity index (χ3n) is 6.11. The van der Waals surface area contributed by atoms with Crippen LogP contribution >= 0.6 is 0 Å². The third kappa shape index (κ3) is 3.62. The van der Waals surface area contributed by atoms with Crippen LogP contribution in [0.15, 0.2) is 24.3 Å². The highest BCUT2D eigenvalue weighted by Gasteiger charge is 2.40. The highest BCUT2D eigenvalue weighted by Crippen LogP contribution is 2.52. The van der Waals surface area contributed by atoms with Crippen molar-refractivity contribution in [2.45, 2.75) is 78.2 Å². The predicted octanol–water partition coefficient (Wildman–Crippen LogP) is 5.99. The Kier molecular flexibility index (Phi) is 5.31. The number of rotatable bonds is 2. The molecule has 2 aromatic carbocycles. The molecule has 0 saturated carbocycles. The fourth-order valence-corrected chi connectivity index (χ4v) is 3.97. The van der Waals surface area contributed by atoms with Gasteiger partial charge in [0.25, 0.3) is 0 Å². The average molecular weight is 411 g/mol. The summed E-state index contributed by atoms with van der Waals surface area (Å²) in [6, 6.07) is 8.20. The van der Waals surface area contributed by atoms with Gasteiger partial charge in [0.1, 0.15) is 17.1 Å². The molecule has 0 unspecified atom stereocenters. The summed E-state index contributed by atoms with van der Waals surface area (Å²) in [6.07, 6.45) is 0. The van der Waals surface area contributed by atoms with Gasteiger partial charge in [0.2, 0.25) is 0 Å². The van der Waals surface area contributed by atoms with E-state index >= 15 is 0 Å². The number of esters is 1. The van der Waals surface area contributed by atoms with Gasteiger partial charge in [0.05, 0.1) is 13.7 Å². The molecule has 0 atom stereocenters. The average Bonchev–Trinajstić information content (AvgIpc) is 2.64. The summed E-state index contributed by atoms with van der Waals surface area (Å²) in [5.74, 6) is 0.732. The first-order valence-electron chi connectivity index (χ1n) is 10.5. The van der Waals surface area contributed by atoms with Crippen molar-refractivity contribution in [3.05, 3.63) is 57.6 Å². The molecule has 0 aliphatic carbocycles. The lowest BCUT2D eigenvalue weighted by Gasteiger charge is -2.38. The fraction of sp³-hybridized carbons (Fsp3) is 0.500. The number of benzene rings is 2. The molecule has 1 heterocycles. The van der Waals surface area contributed by atoms with Crippen LogP contribution in [-0.2, 0) is 27.6 Å². The molecule has 30 heavy (non-hydrogen) atoms. The molecule has 0 radical (unpaired) electrons. The van der Waals surface area contributed by atoms with E-state index < -0.39 is 11.4 Å². The zero-order chi connectivity index (χ0) is 22.6. The van der Waals surface area contributed by atoms with Gasteiger partial charge in [-0.05, 0) is 34.1 Å².